The highest BCUT2D eigenvalue weighted by Gasteiger charge is 2.31. The normalized spacial score (nSPS) is 15.9. The number of nitrogens with zero attached hydrogens (tertiary/aromatic N) is 3. The topological polar surface area (TPSA) is 46.1 Å². The molecular weight excluding hydrogens is 390 g/mol. The van der Waals surface area contributed by atoms with Crippen molar-refractivity contribution in [2.75, 3.05) is 6.54 Å². The predicted octanol–water partition coefficient (Wildman–Crippen LogP) is 5.08. The third kappa shape index (κ3) is 3.36. The molecule has 2 aromatic heterocycles. The summed E-state index contributed by atoms with van der Waals surface area (Å²) in [4.78, 5) is 24.1. The molecule has 0 fully saturated rings. The molecule has 3 heterocycles. The van der Waals surface area contributed by atoms with Gasteiger partial charge in [0.15, 0.2) is 0 Å². The van der Waals surface area contributed by atoms with E-state index >= 15 is 0 Å². The highest BCUT2D eigenvalue weighted by atomic mass is 35.5. The van der Waals surface area contributed by atoms with Crippen LogP contribution in [0.5, 0.6) is 0 Å². The van der Waals surface area contributed by atoms with E-state index in [9.17, 15) is 4.79 Å². The van der Waals surface area contributed by atoms with Crippen LogP contribution in [0.4, 0.5) is 0 Å². The highest BCUT2D eigenvalue weighted by Crippen LogP contribution is 2.43. The lowest BCUT2D eigenvalue weighted by Crippen LogP contribution is -2.37. The average Bonchev–Trinajstić information content (AvgIpc) is 3.12. The quantitative estimate of drug-likeness (QED) is 0.564. The lowest BCUT2D eigenvalue weighted by molar-refractivity contribution is -0.127. The van der Waals surface area contributed by atoms with Crippen molar-refractivity contribution in [3.63, 3.8) is 0 Å². The van der Waals surface area contributed by atoms with E-state index in [2.05, 4.69) is 35.6 Å². The number of fused-ring (bicyclic) bond motifs is 1. The fraction of sp³-hybridized carbons (Fsp3) is 0.227. The molecule has 3 aromatic rings. The Bertz CT molecular complexity index is 1050. The second kappa shape index (κ2) is 7.86. The van der Waals surface area contributed by atoms with Gasteiger partial charge < -0.3 is 4.90 Å². The van der Waals surface area contributed by atoms with E-state index < -0.39 is 0 Å². The Labute approximate surface area is 173 Å². The number of aromatic nitrogens is 2. The van der Waals surface area contributed by atoms with Crippen molar-refractivity contribution in [3.8, 4) is 11.1 Å². The van der Waals surface area contributed by atoms with Crippen LogP contribution in [0.2, 0.25) is 4.34 Å². The number of rotatable bonds is 4. The van der Waals surface area contributed by atoms with Crippen molar-refractivity contribution in [2.24, 2.45) is 0 Å². The van der Waals surface area contributed by atoms with E-state index in [4.69, 9.17) is 11.6 Å². The number of carbonyl (C=O) groups excluding carboxylic acids is 1. The van der Waals surface area contributed by atoms with Gasteiger partial charge in [0, 0.05) is 29.1 Å². The second-order valence-corrected chi connectivity index (χ2v) is 8.50. The monoisotopic (exact) mass is 409 g/mol. The summed E-state index contributed by atoms with van der Waals surface area (Å²) in [6.45, 7) is 6.91. The van der Waals surface area contributed by atoms with Gasteiger partial charge in [-0.25, -0.2) is 9.97 Å². The largest absolute Gasteiger partial charge is 0.333 e. The molecule has 4 rings (SSSR count). The van der Waals surface area contributed by atoms with Crippen molar-refractivity contribution in [2.45, 2.75) is 25.8 Å². The maximum Gasteiger partial charge on any atom is 0.246 e. The summed E-state index contributed by atoms with van der Waals surface area (Å²) in [6.07, 6.45) is 5.67. The molecule has 1 aliphatic heterocycles. The van der Waals surface area contributed by atoms with Gasteiger partial charge >= 0.3 is 0 Å². The lowest BCUT2D eigenvalue weighted by atomic mass is 9.83. The fourth-order valence-corrected chi connectivity index (χ4v) is 5.21. The zero-order chi connectivity index (χ0) is 19.7. The minimum Gasteiger partial charge on any atom is -0.333 e. The highest BCUT2D eigenvalue weighted by molar-refractivity contribution is 7.16. The van der Waals surface area contributed by atoms with E-state index in [1.165, 1.54) is 11.6 Å². The molecule has 1 amide bonds. The van der Waals surface area contributed by atoms with Crippen LogP contribution in [0.1, 0.15) is 34.5 Å². The van der Waals surface area contributed by atoms with Crippen molar-refractivity contribution in [1.82, 2.24) is 14.9 Å². The second-order valence-electron chi connectivity index (χ2n) is 6.73. The third-order valence-corrected chi connectivity index (χ3v) is 6.43. The Morgan fingerprint density at radius 1 is 1.36 bits per heavy atom. The van der Waals surface area contributed by atoms with Crippen LogP contribution in [0.15, 0.2) is 55.5 Å². The van der Waals surface area contributed by atoms with Gasteiger partial charge in [0.05, 0.1) is 16.6 Å². The summed E-state index contributed by atoms with van der Waals surface area (Å²) >= 11 is 7.89. The van der Waals surface area contributed by atoms with Gasteiger partial charge in [-0.15, -0.1) is 11.3 Å². The van der Waals surface area contributed by atoms with Crippen LogP contribution in [0.25, 0.3) is 11.1 Å². The van der Waals surface area contributed by atoms with Crippen molar-refractivity contribution in [1.29, 1.82) is 0 Å². The number of halogens is 1. The summed E-state index contributed by atoms with van der Waals surface area (Å²) in [5.74, 6) is -0.0209. The number of hydrogen-bond acceptors (Lipinski definition) is 4. The maximum absolute atomic E-state index is 12.4. The first-order chi connectivity index (χ1) is 13.6. The molecule has 28 heavy (non-hydrogen) atoms. The number of amides is 1. The van der Waals surface area contributed by atoms with E-state index in [1.54, 1.807) is 17.7 Å². The SMILES string of the molecule is C=CC(=O)N1Cc2sc(Cl)cc2[C@@H](c2ccccc2-c2cncnc2CC)C1. The van der Waals surface area contributed by atoms with Gasteiger partial charge in [0.25, 0.3) is 0 Å². The molecule has 0 N–H and O–H groups in total. The Balaban J connectivity index is 1.87. The minimum atomic E-state index is -0.0602. The molecule has 1 aromatic carbocycles. The lowest BCUT2D eigenvalue weighted by Gasteiger charge is -2.33. The Morgan fingerprint density at radius 3 is 2.96 bits per heavy atom. The van der Waals surface area contributed by atoms with Gasteiger partial charge in [0.2, 0.25) is 5.91 Å². The summed E-state index contributed by atoms with van der Waals surface area (Å²) in [5.41, 5.74) is 5.51. The van der Waals surface area contributed by atoms with Gasteiger partial charge in [-0.1, -0.05) is 49.4 Å². The van der Waals surface area contributed by atoms with Crippen LogP contribution >= 0.6 is 22.9 Å². The molecule has 0 spiro atoms. The molecule has 0 aliphatic carbocycles. The molecule has 6 heteroatoms. The zero-order valence-corrected chi connectivity index (χ0v) is 17.1. The molecule has 1 aliphatic rings. The van der Waals surface area contributed by atoms with Gasteiger partial charge in [-0.2, -0.15) is 0 Å². The number of carbonyl (C=O) groups is 1. The van der Waals surface area contributed by atoms with Gasteiger partial charge in [-0.05, 0) is 35.3 Å². The standard InChI is InChI=1S/C22H20ClN3OS/c1-3-19-17(10-24-13-25-19)14-7-5-6-8-15(14)18-11-26(22(27)4-2)12-20-16(18)9-21(23)28-20/h4-10,13,18H,2-3,11-12H2,1H3/t18-/m1/s1. The van der Waals surface area contributed by atoms with Crippen LogP contribution in [-0.2, 0) is 17.8 Å². The van der Waals surface area contributed by atoms with E-state index in [1.807, 2.05) is 29.3 Å². The minimum absolute atomic E-state index is 0.0394. The fourth-order valence-electron chi connectivity index (χ4n) is 3.85. The molecule has 142 valence electrons. The molecule has 0 unspecified atom stereocenters. The van der Waals surface area contributed by atoms with Crippen LogP contribution in [0, 0.1) is 0 Å². The van der Waals surface area contributed by atoms with E-state index in [0.717, 1.165) is 38.0 Å². The summed E-state index contributed by atoms with van der Waals surface area (Å²) in [6, 6.07) is 10.3. The molecular formula is C22H20ClN3OS. The summed E-state index contributed by atoms with van der Waals surface area (Å²) < 4.78 is 0.748. The van der Waals surface area contributed by atoms with E-state index in [0.29, 0.717) is 13.1 Å². The van der Waals surface area contributed by atoms with Crippen molar-refractivity contribution in [3.05, 3.63) is 81.5 Å². The predicted molar refractivity (Wildman–Crippen MR) is 114 cm³/mol. The van der Waals surface area contributed by atoms with Gasteiger partial charge in [0.1, 0.15) is 6.33 Å². The Kier molecular flexibility index (Phi) is 5.29. The maximum atomic E-state index is 12.4. The van der Waals surface area contributed by atoms with Crippen molar-refractivity contribution < 1.29 is 4.79 Å². The number of benzene rings is 1. The molecule has 0 radical (unpaired) electrons. The summed E-state index contributed by atoms with van der Waals surface area (Å²) in [7, 11) is 0. The molecule has 0 bridgehead atoms. The Hall–Kier alpha value is -2.50. The smallest absolute Gasteiger partial charge is 0.246 e. The summed E-state index contributed by atoms with van der Waals surface area (Å²) in [5, 5.41) is 0. The average molecular weight is 410 g/mol. The third-order valence-electron chi connectivity index (χ3n) is 5.17. The number of thiophene rings is 1. The first kappa shape index (κ1) is 18.8. The van der Waals surface area contributed by atoms with Gasteiger partial charge in [-0.3, -0.25) is 4.79 Å². The molecule has 0 saturated heterocycles. The van der Waals surface area contributed by atoms with Crippen LogP contribution in [0.3, 0.4) is 0 Å². The van der Waals surface area contributed by atoms with Crippen molar-refractivity contribution >= 4 is 28.8 Å². The molecule has 0 saturated carbocycles. The van der Waals surface area contributed by atoms with Crippen LogP contribution in [-0.4, -0.2) is 27.3 Å². The number of aryl methyl sites for hydroxylation is 1. The first-order valence-electron chi connectivity index (χ1n) is 9.20. The number of hydrogen-bond donors (Lipinski definition) is 0. The molecule has 1 atom stereocenters. The molecule has 4 nitrogen and oxygen atoms in total. The zero-order valence-electron chi connectivity index (χ0n) is 15.6. The Morgan fingerprint density at radius 2 is 2.18 bits per heavy atom. The van der Waals surface area contributed by atoms with Crippen LogP contribution < -0.4 is 0 Å². The van der Waals surface area contributed by atoms with E-state index in [-0.39, 0.29) is 11.8 Å². The first-order valence-corrected chi connectivity index (χ1v) is 10.4.